The summed E-state index contributed by atoms with van der Waals surface area (Å²) >= 11 is 0. The number of hydrogen-bond acceptors (Lipinski definition) is 2. The topological polar surface area (TPSA) is 26.3 Å². The summed E-state index contributed by atoms with van der Waals surface area (Å²) in [5.74, 6) is 0.496. The van der Waals surface area contributed by atoms with E-state index in [4.69, 9.17) is 4.74 Å². The molecule has 1 fully saturated rings. The minimum absolute atomic E-state index is 0.00251. The number of esters is 1. The van der Waals surface area contributed by atoms with Gasteiger partial charge in [0, 0.05) is 0 Å². The minimum atomic E-state index is -1.65. The Labute approximate surface area is 117 Å². The van der Waals surface area contributed by atoms with Crippen LogP contribution in [-0.2, 0) is 9.53 Å². The molecule has 0 aromatic heterocycles. The van der Waals surface area contributed by atoms with E-state index in [-0.39, 0.29) is 18.0 Å². The standard InChI is InChI=1S/C16H24O2Si/c1-11(2)15-14(16(17)18-15)12(3)19(4,5)13-9-7-6-8-10-13/h6-12,14-15H,1-5H3/t12-,14+,15-/m1/s1. The molecule has 104 valence electrons. The van der Waals surface area contributed by atoms with E-state index in [1.807, 2.05) is 6.07 Å². The van der Waals surface area contributed by atoms with Crippen LogP contribution >= 0.6 is 0 Å². The molecule has 2 nitrogen and oxygen atoms in total. The van der Waals surface area contributed by atoms with Crippen molar-refractivity contribution >= 4 is 19.2 Å². The van der Waals surface area contributed by atoms with Crippen molar-refractivity contribution in [1.82, 2.24) is 0 Å². The third-order valence-corrected chi connectivity index (χ3v) is 9.19. The summed E-state index contributed by atoms with van der Waals surface area (Å²) in [5.41, 5.74) is 0.406. The molecule has 1 aromatic rings. The third kappa shape index (κ3) is 2.48. The van der Waals surface area contributed by atoms with Crippen molar-refractivity contribution in [3.63, 3.8) is 0 Å². The van der Waals surface area contributed by atoms with Crippen LogP contribution in [0.2, 0.25) is 18.6 Å². The Morgan fingerprint density at radius 2 is 1.68 bits per heavy atom. The highest BCUT2D eigenvalue weighted by molar-refractivity contribution is 6.91. The van der Waals surface area contributed by atoms with Gasteiger partial charge in [-0.05, 0) is 11.5 Å². The maximum atomic E-state index is 11.9. The highest BCUT2D eigenvalue weighted by atomic mass is 28.3. The normalized spacial score (nSPS) is 24.8. The van der Waals surface area contributed by atoms with Gasteiger partial charge in [-0.25, -0.2) is 0 Å². The maximum absolute atomic E-state index is 11.9. The molecular weight excluding hydrogens is 252 g/mol. The number of hydrogen-bond donors (Lipinski definition) is 0. The van der Waals surface area contributed by atoms with E-state index in [2.05, 4.69) is 58.1 Å². The molecule has 1 saturated heterocycles. The Bertz CT molecular complexity index is 453. The first-order valence-corrected chi connectivity index (χ1v) is 10.2. The van der Waals surface area contributed by atoms with E-state index < -0.39 is 8.07 Å². The zero-order valence-electron chi connectivity index (χ0n) is 12.5. The fraction of sp³-hybridized carbons (Fsp3) is 0.562. The molecule has 0 amide bonds. The summed E-state index contributed by atoms with van der Waals surface area (Å²) in [5, 5.41) is 1.42. The van der Waals surface area contributed by atoms with Gasteiger partial charge in [-0.2, -0.15) is 0 Å². The van der Waals surface area contributed by atoms with E-state index in [0.29, 0.717) is 11.5 Å². The zero-order chi connectivity index (χ0) is 14.2. The summed E-state index contributed by atoms with van der Waals surface area (Å²) in [6.07, 6.45) is 0.109. The molecule has 1 heterocycles. The van der Waals surface area contributed by atoms with Crippen LogP contribution in [0.1, 0.15) is 20.8 Å². The molecule has 0 aliphatic carbocycles. The number of rotatable bonds is 4. The first kappa shape index (κ1) is 14.3. The fourth-order valence-corrected chi connectivity index (χ4v) is 5.77. The van der Waals surface area contributed by atoms with Crippen molar-refractivity contribution in [2.45, 2.75) is 45.5 Å². The highest BCUT2D eigenvalue weighted by Gasteiger charge is 2.51. The number of benzene rings is 1. The van der Waals surface area contributed by atoms with Gasteiger partial charge in [0.25, 0.3) is 0 Å². The van der Waals surface area contributed by atoms with Crippen LogP contribution in [0.25, 0.3) is 0 Å². The minimum Gasteiger partial charge on any atom is -0.461 e. The number of carbonyl (C=O) groups is 1. The summed E-state index contributed by atoms with van der Waals surface area (Å²) in [6.45, 7) is 11.2. The number of cyclic esters (lactones) is 1. The van der Waals surface area contributed by atoms with Crippen molar-refractivity contribution in [3.05, 3.63) is 30.3 Å². The van der Waals surface area contributed by atoms with Gasteiger partial charge < -0.3 is 4.74 Å². The summed E-state index contributed by atoms with van der Waals surface area (Å²) in [6, 6.07) is 10.6. The van der Waals surface area contributed by atoms with Crippen LogP contribution in [0.5, 0.6) is 0 Å². The second kappa shape index (κ2) is 5.12. The molecule has 1 aliphatic rings. The van der Waals surface area contributed by atoms with Crippen LogP contribution in [-0.4, -0.2) is 20.1 Å². The average molecular weight is 276 g/mol. The van der Waals surface area contributed by atoms with Gasteiger partial charge in [0.15, 0.2) is 0 Å². The Morgan fingerprint density at radius 3 is 2.16 bits per heavy atom. The molecule has 19 heavy (non-hydrogen) atoms. The molecule has 2 rings (SSSR count). The van der Waals surface area contributed by atoms with Crippen molar-refractivity contribution in [1.29, 1.82) is 0 Å². The molecule has 0 spiro atoms. The van der Waals surface area contributed by atoms with E-state index in [9.17, 15) is 4.79 Å². The molecular formula is C16H24O2Si. The smallest absolute Gasteiger partial charge is 0.313 e. The van der Waals surface area contributed by atoms with Crippen LogP contribution in [0.4, 0.5) is 0 Å². The second-order valence-corrected chi connectivity index (χ2v) is 11.5. The van der Waals surface area contributed by atoms with Crippen LogP contribution in [0, 0.1) is 11.8 Å². The Balaban J connectivity index is 2.23. The highest BCUT2D eigenvalue weighted by Crippen LogP contribution is 2.41. The first-order valence-electron chi connectivity index (χ1n) is 7.11. The Morgan fingerprint density at radius 1 is 1.11 bits per heavy atom. The van der Waals surface area contributed by atoms with Gasteiger partial charge in [-0.15, -0.1) is 0 Å². The largest absolute Gasteiger partial charge is 0.461 e. The lowest BCUT2D eigenvalue weighted by molar-refractivity contribution is -0.190. The average Bonchev–Trinajstić information content (AvgIpc) is 2.36. The lowest BCUT2D eigenvalue weighted by Crippen LogP contribution is -2.58. The van der Waals surface area contributed by atoms with Gasteiger partial charge in [-0.1, -0.05) is 69.4 Å². The van der Waals surface area contributed by atoms with Gasteiger partial charge in [0.1, 0.15) is 6.10 Å². The van der Waals surface area contributed by atoms with Crippen molar-refractivity contribution in [2.75, 3.05) is 0 Å². The monoisotopic (exact) mass is 276 g/mol. The van der Waals surface area contributed by atoms with E-state index >= 15 is 0 Å². The van der Waals surface area contributed by atoms with Gasteiger partial charge >= 0.3 is 5.97 Å². The predicted octanol–water partition coefficient (Wildman–Crippen LogP) is 3.19. The second-order valence-electron chi connectivity index (χ2n) is 6.55. The van der Waals surface area contributed by atoms with E-state index in [1.165, 1.54) is 5.19 Å². The predicted molar refractivity (Wildman–Crippen MR) is 81.2 cm³/mol. The van der Waals surface area contributed by atoms with Crippen molar-refractivity contribution in [3.8, 4) is 0 Å². The van der Waals surface area contributed by atoms with Gasteiger partial charge in [0.2, 0.25) is 0 Å². The number of carbonyl (C=O) groups excluding carboxylic acids is 1. The molecule has 1 aliphatic heterocycles. The summed E-state index contributed by atoms with van der Waals surface area (Å²) in [4.78, 5) is 11.9. The molecule has 0 unspecified atom stereocenters. The van der Waals surface area contributed by atoms with Gasteiger partial charge in [0.05, 0.1) is 14.0 Å². The summed E-state index contributed by atoms with van der Waals surface area (Å²) < 4.78 is 5.35. The SMILES string of the molecule is CC(C)[C@H]1OC(=O)[C@H]1[C@@H](C)[Si](C)(C)c1ccccc1. The molecule has 0 bridgehead atoms. The molecule has 3 heteroatoms. The molecule has 1 aromatic carbocycles. The molecule has 0 N–H and O–H groups in total. The number of ether oxygens (including phenoxy) is 1. The first-order chi connectivity index (χ1) is 8.85. The quantitative estimate of drug-likeness (QED) is 0.623. The molecule has 3 atom stereocenters. The van der Waals surface area contributed by atoms with Crippen molar-refractivity contribution < 1.29 is 9.53 Å². The molecule has 0 saturated carbocycles. The van der Waals surface area contributed by atoms with Crippen LogP contribution < -0.4 is 5.19 Å². The third-order valence-electron chi connectivity index (χ3n) is 4.73. The fourth-order valence-electron chi connectivity index (χ4n) is 2.97. The van der Waals surface area contributed by atoms with Crippen LogP contribution in [0.15, 0.2) is 30.3 Å². The summed E-state index contributed by atoms with van der Waals surface area (Å²) in [7, 11) is -1.65. The lowest BCUT2D eigenvalue weighted by Gasteiger charge is -2.45. The van der Waals surface area contributed by atoms with Gasteiger partial charge in [-0.3, -0.25) is 4.79 Å². The van der Waals surface area contributed by atoms with E-state index in [0.717, 1.165) is 0 Å². The van der Waals surface area contributed by atoms with E-state index in [1.54, 1.807) is 0 Å². The molecule has 0 radical (unpaired) electrons. The Kier molecular flexibility index (Phi) is 3.86. The maximum Gasteiger partial charge on any atom is 0.313 e. The van der Waals surface area contributed by atoms with Crippen LogP contribution in [0.3, 0.4) is 0 Å². The Hall–Kier alpha value is -1.09. The van der Waals surface area contributed by atoms with Crippen molar-refractivity contribution in [2.24, 2.45) is 11.8 Å². The lowest BCUT2D eigenvalue weighted by atomic mass is 9.86. The zero-order valence-corrected chi connectivity index (χ0v) is 13.5.